The lowest BCUT2D eigenvalue weighted by Gasteiger charge is -2.16. The van der Waals surface area contributed by atoms with Crippen molar-refractivity contribution in [2.24, 2.45) is 0 Å². The minimum atomic E-state index is -0.0294. The molecule has 0 bridgehead atoms. The van der Waals surface area contributed by atoms with Crippen molar-refractivity contribution in [1.82, 2.24) is 14.9 Å². The number of hydrogen-bond donors (Lipinski definition) is 2. The van der Waals surface area contributed by atoms with Gasteiger partial charge in [-0.1, -0.05) is 12.1 Å². The molecule has 1 atom stereocenters. The Morgan fingerprint density at radius 2 is 2.03 bits per heavy atom. The van der Waals surface area contributed by atoms with Crippen LogP contribution in [0.3, 0.4) is 0 Å². The van der Waals surface area contributed by atoms with Crippen LogP contribution in [0.25, 0.3) is 10.2 Å². The number of aromatic amines is 1. The number of carbonyl (C=O) groups is 1. The van der Waals surface area contributed by atoms with Crippen LogP contribution in [0.4, 0.5) is 0 Å². The molecule has 1 fully saturated rings. The first-order valence-electron chi connectivity index (χ1n) is 10.2. The zero-order chi connectivity index (χ0) is 20.0. The zero-order valence-corrected chi connectivity index (χ0v) is 16.9. The van der Waals surface area contributed by atoms with Crippen LogP contribution in [-0.4, -0.2) is 39.0 Å². The quantitative estimate of drug-likeness (QED) is 0.696. The van der Waals surface area contributed by atoms with Gasteiger partial charge in [-0.15, -0.1) is 11.3 Å². The van der Waals surface area contributed by atoms with Crippen molar-refractivity contribution in [3.63, 3.8) is 0 Å². The number of benzene rings is 1. The lowest BCUT2D eigenvalue weighted by Crippen LogP contribution is -2.30. The Bertz CT molecular complexity index is 1130. The van der Waals surface area contributed by atoms with E-state index in [0.717, 1.165) is 41.5 Å². The van der Waals surface area contributed by atoms with Crippen LogP contribution in [0.15, 0.2) is 29.1 Å². The monoisotopic (exact) mass is 409 g/mol. The first-order valence-corrected chi connectivity index (χ1v) is 11.0. The predicted molar refractivity (Wildman–Crippen MR) is 113 cm³/mol. The van der Waals surface area contributed by atoms with E-state index in [0.29, 0.717) is 25.3 Å². The molecule has 1 aliphatic heterocycles. The Hall–Kier alpha value is -2.67. The van der Waals surface area contributed by atoms with Crippen LogP contribution in [0.1, 0.15) is 47.0 Å². The summed E-state index contributed by atoms with van der Waals surface area (Å²) in [6.07, 6.45) is 5.47. The Morgan fingerprint density at radius 1 is 1.24 bits per heavy atom. The molecule has 0 spiro atoms. The largest absolute Gasteiger partial charge is 0.508 e. The lowest BCUT2D eigenvalue weighted by molar-refractivity contribution is -0.129. The molecule has 2 aliphatic rings. The molecule has 2 N–H and O–H groups in total. The molecule has 1 saturated heterocycles. The molecule has 1 aliphatic carbocycles. The Kier molecular flexibility index (Phi) is 4.62. The molecule has 7 heteroatoms. The fraction of sp³-hybridized carbons (Fsp3) is 0.409. The number of phenols is 1. The van der Waals surface area contributed by atoms with E-state index < -0.39 is 0 Å². The molecule has 29 heavy (non-hydrogen) atoms. The third-order valence-corrected chi connectivity index (χ3v) is 7.25. The molecule has 2 aromatic heterocycles. The summed E-state index contributed by atoms with van der Waals surface area (Å²) < 4.78 is 0. The van der Waals surface area contributed by atoms with Crippen molar-refractivity contribution in [3.05, 3.63) is 56.4 Å². The van der Waals surface area contributed by atoms with E-state index in [1.54, 1.807) is 35.6 Å². The summed E-state index contributed by atoms with van der Waals surface area (Å²) in [5, 5.41) is 10.2. The summed E-state index contributed by atoms with van der Waals surface area (Å²) in [5.74, 6) is 1.03. The number of aromatic hydroxyl groups is 1. The molecular formula is C22H23N3O3S. The standard InChI is InChI=1S/C22H23N3O3S/c26-15-7-5-13(6-8-15)11-18(27)25-10-9-14(12-25)20-23-21(28)19-16-3-1-2-4-17(16)29-22(19)24-20/h5-8,14,26H,1-4,9-12H2,(H,23,24,28). The number of aromatic nitrogens is 2. The van der Waals surface area contributed by atoms with Gasteiger partial charge in [0, 0.05) is 23.9 Å². The zero-order valence-electron chi connectivity index (χ0n) is 16.1. The van der Waals surface area contributed by atoms with Gasteiger partial charge in [-0.05, 0) is 55.4 Å². The predicted octanol–water partition coefficient (Wildman–Crippen LogP) is 3.13. The number of aryl methyl sites for hydroxylation is 2. The molecule has 1 aromatic carbocycles. The Balaban J connectivity index is 1.34. The van der Waals surface area contributed by atoms with E-state index in [9.17, 15) is 14.7 Å². The van der Waals surface area contributed by atoms with Gasteiger partial charge in [0.1, 0.15) is 16.4 Å². The van der Waals surface area contributed by atoms with Gasteiger partial charge in [0.25, 0.3) is 5.56 Å². The molecule has 0 radical (unpaired) electrons. The summed E-state index contributed by atoms with van der Waals surface area (Å²) in [7, 11) is 0. The van der Waals surface area contributed by atoms with E-state index in [4.69, 9.17) is 4.98 Å². The molecule has 5 rings (SSSR count). The summed E-state index contributed by atoms with van der Waals surface area (Å²) >= 11 is 1.66. The van der Waals surface area contributed by atoms with Gasteiger partial charge >= 0.3 is 0 Å². The number of fused-ring (bicyclic) bond motifs is 3. The summed E-state index contributed by atoms with van der Waals surface area (Å²) in [6, 6.07) is 6.73. The molecule has 1 amide bonds. The minimum absolute atomic E-state index is 0.0294. The van der Waals surface area contributed by atoms with Crippen molar-refractivity contribution in [2.75, 3.05) is 13.1 Å². The third kappa shape index (κ3) is 3.44. The molecular weight excluding hydrogens is 386 g/mol. The Labute approximate surface area is 172 Å². The number of carbonyl (C=O) groups excluding carboxylic acids is 1. The van der Waals surface area contributed by atoms with Gasteiger partial charge in [0.05, 0.1) is 11.8 Å². The van der Waals surface area contributed by atoms with Gasteiger partial charge in [-0.3, -0.25) is 9.59 Å². The average Bonchev–Trinajstić information content (AvgIpc) is 3.34. The number of nitrogens with zero attached hydrogens (tertiary/aromatic N) is 2. The fourth-order valence-electron chi connectivity index (χ4n) is 4.48. The smallest absolute Gasteiger partial charge is 0.259 e. The van der Waals surface area contributed by atoms with Gasteiger partial charge in [-0.2, -0.15) is 0 Å². The minimum Gasteiger partial charge on any atom is -0.508 e. The van der Waals surface area contributed by atoms with Crippen molar-refractivity contribution in [1.29, 1.82) is 0 Å². The van der Waals surface area contributed by atoms with E-state index >= 15 is 0 Å². The highest BCUT2D eigenvalue weighted by atomic mass is 32.1. The summed E-state index contributed by atoms with van der Waals surface area (Å²) in [6.45, 7) is 1.25. The van der Waals surface area contributed by atoms with Gasteiger partial charge < -0.3 is 15.0 Å². The highest BCUT2D eigenvalue weighted by molar-refractivity contribution is 7.18. The lowest BCUT2D eigenvalue weighted by atomic mass is 9.97. The van der Waals surface area contributed by atoms with E-state index in [1.165, 1.54) is 16.9 Å². The van der Waals surface area contributed by atoms with Crippen LogP contribution in [0.5, 0.6) is 5.75 Å². The summed E-state index contributed by atoms with van der Waals surface area (Å²) in [4.78, 5) is 37.3. The van der Waals surface area contributed by atoms with E-state index in [1.807, 2.05) is 4.90 Å². The highest BCUT2D eigenvalue weighted by Gasteiger charge is 2.30. The first kappa shape index (κ1) is 18.4. The Morgan fingerprint density at radius 3 is 2.86 bits per heavy atom. The van der Waals surface area contributed by atoms with Gasteiger partial charge in [-0.25, -0.2) is 4.98 Å². The molecule has 1 unspecified atom stereocenters. The van der Waals surface area contributed by atoms with Gasteiger partial charge in [0.2, 0.25) is 5.91 Å². The molecule has 3 heterocycles. The first-order chi connectivity index (χ1) is 14.1. The number of thiophene rings is 1. The second-order valence-corrected chi connectivity index (χ2v) is 9.09. The molecule has 3 aromatic rings. The molecule has 0 saturated carbocycles. The number of amides is 1. The van der Waals surface area contributed by atoms with Gasteiger partial charge in [0.15, 0.2) is 0 Å². The second-order valence-electron chi connectivity index (χ2n) is 8.01. The third-order valence-electron chi connectivity index (χ3n) is 6.06. The van der Waals surface area contributed by atoms with Crippen molar-refractivity contribution in [3.8, 4) is 5.75 Å². The van der Waals surface area contributed by atoms with Crippen LogP contribution in [0.2, 0.25) is 0 Å². The van der Waals surface area contributed by atoms with Crippen LogP contribution < -0.4 is 5.56 Å². The number of likely N-dealkylation sites (tertiary alicyclic amines) is 1. The maximum absolute atomic E-state index is 12.8. The fourth-order valence-corrected chi connectivity index (χ4v) is 5.75. The molecule has 6 nitrogen and oxygen atoms in total. The van der Waals surface area contributed by atoms with Crippen molar-refractivity contribution < 1.29 is 9.90 Å². The normalized spacial score (nSPS) is 18.9. The highest BCUT2D eigenvalue weighted by Crippen LogP contribution is 2.34. The van der Waals surface area contributed by atoms with Crippen LogP contribution in [0, 0.1) is 0 Å². The van der Waals surface area contributed by atoms with E-state index in [-0.39, 0.29) is 23.1 Å². The number of hydrogen-bond acceptors (Lipinski definition) is 5. The second kappa shape index (κ2) is 7.30. The number of rotatable bonds is 3. The SMILES string of the molecule is O=C(Cc1ccc(O)cc1)N1CCC(c2nc3sc4c(c3c(=O)[nH]2)CCCC4)C1. The van der Waals surface area contributed by atoms with E-state index in [2.05, 4.69) is 4.98 Å². The van der Waals surface area contributed by atoms with Crippen molar-refractivity contribution in [2.45, 2.75) is 44.4 Å². The maximum Gasteiger partial charge on any atom is 0.259 e. The number of H-pyrrole nitrogens is 1. The average molecular weight is 410 g/mol. The molecule has 150 valence electrons. The summed E-state index contributed by atoms with van der Waals surface area (Å²) in [5.41, 5.74) is 2.06. The number of phenolic OH excluding ortho intramolecular Hbond substituents is 1. The van der Waals surface area contributed by atoms with Crippen LogP contribution in [-0.2, 0) is 24.1 Å². The maximum atomic E-state index is 12.8. The van der Waals surface area contributed by atoms with Crippen molar-refractivity contribution >= 4 is 27.5 Å². The topological polar surface area (TPSA) is 86.3 Å². The number of nitrogens with one attached hydrogen (secondary N) is 1. The van der Waals surface area contributed by atoms with Crippen LogP contribution >= 0.6 is 11.3 Å².